The van der Waals surface area contributed by atoms with E-state index in [1.54, 1.807) is 0 Å². The minimum atomic E-state index is -4.74. The number of aliphatic hydroxyl groups is 1. The number of nitrogens with two attached hydrogens (primary N) is 1. The van der Waals surface area contributed by atoms with Gasteiger partial charge in [-0.25, -0.2) is 9.55 Å². The number of aromatic nitrogens is 4. The summed E-state index contributed by atoms with van der Waals surface area (Å²) in [4.78, 5) is 39.8. The first-order chi connectivity index (χ1) is 10.8. The molecule has 3 atom stereocenters. The van der Waals surface area contributed by atoms with E-state index < -0.39 is 38.4 Å². The largest absolute Gasteiger partial charge is 0.469 e. The summed E-state index contributed by atoms with van der Waals surface area (Å²) in [5, 5.41) is 9.28. The number of nitrogen functional groups attached to an aromatic ring is 1. The molecule has 1 aliphatic heterocycles. The van der Waals surface area contributed by atoms with Gasteiger partial charge in [0, 0.05) is 6.42 Å². The molecule has 1 aliphatic rings. The second-order valence-corrected chi connectivity index (χ2v) is 6.15. The van der Waals surface area contributed by atoms with Crippen molar-refractivity contribution in [3.63, 3.8) is 0 Å². The van der Waals surface area contributed by atoms with Crippen LogP contribution >= 0.6 is 7.82 Å². The summed E-state index contributed by atoms with van der Waals surface area (Å²) in [6.45, 7) is -0.496. The molecule has 0 unspecified atom stereocenters. The van der Waals surface area contributed by atoms with Gasteiger partial charge in [0.25, 0.3) is 5.56 Å². The van der Waals surface area contributed by atoms with Crippen LogP contribution in [0, 0.1) is 0 Å². The molecular weight excluding hydrogens is 333 g/mol. The standard InChI is InChI=1S/C10H14N5O7P/c11-10-13-8-7(9(17)14-10)12-3-15(8)6-1-4(5(2-16)21-6)22-23(18,19)20/h3-6,16H,1-2H2,(H2,18,19,20)(H3,11,13,14,17)/t4-,5+,6+/m1/s1. The number of aliphatic hydroxyl groups excluding tert-OH is 1. The van der Waals surface area contributed by atoms with Crippen LogP contribution in [0.25, 0.3) is 11.2 Å². The van der Waals surface area contributed by atoms with Gasteiger partial charge in [0.2, 0.25) is 5.95 Å². The van der Waals surface area contributed by atoms with E-state index in [0.717, 1.165) is 0 Å². The summed E-state index contributed by atoms with van der Waals surface area (Å²) in [7, 11) is -4.74. The van der Waals surface area contributed by atoms with Crippen LogP contribution in [0.1, 0.15) is 12.6 Å². The normalized spacial score (nSPS) is 25.3. The van der Waals surface area contributed by atoms with E-state index in [1.807, 2.05) is 0 Å². The van der Waals surface area contributed by atoms with E-state index in [-0.39, 0.29) is 23.5 Å². The van der Waals surface area contributed by atoms with Crippen molar-refractivity contribution in [3.05, 3.63) is 16.7 Å². The number of H-pyrrole nitrogens is 1. The smallest absolute Gasteiger partial charge is 0.394 e. The lowest BCUT2D eigenvalue weighted by atomic mass is 10.2. The molecule has 2 aromatic heterocycles. The lowest BCUT2D eigenvalue weighted by molar-refractivity contribution is -0.0425. The van der Waals surface area contributed by atoms with Crippen LogP contribution < -0.4 is 11.3 Å². The number of imidazole rings is 1. The van der Waals surface area contributed by atoms with Crippen molar-refractivity contribution in [2.24, 2.45) is 0 Å². The van der Waals surface area contributed by atoms with Crippen molar-refractivity contribution < 1.29 is 28.7 Å². The van der Waals surface area contributed by atoms with Gasteiger partial charge in [0.15, 0.2) is 11.2 Å². The average molecular weight is 347 g/mol. The average Bonchev–Trinajstić information content (AvgIpc) is 3.00. The van der Waals surface area contributed by atoms with Crippen LogP contribution in [0.15, 0.2) is 11.1 Å². The Labute approximate surface area is 128 Å². The minimum Gasteiger partial charge on any atom is -0.394 e. The van der Waals surface area contributed by atoms with Gasteiger partial charge in [-0.05, 0) is 0 Å². The fraction of sp³-hybridized carbons (Fsp3) is 0.500. The predicted octanol–water partition coefficient (Wildman–Crippen LogP) is -1.54. The number of phosphoric ester groups is 1. The number of anilines is 1. The third-order valence-electron chi connectivity index (χ3n) is 3.39. The second-order valence-electron chi connectivity index (χ2n) is 4.96. The minimum absolute atomic E-state index is 0.0240. The Morgan fingerprint density at radius 2 is 2.30 bits per heavy atom. The Morgan fingerprint density at radius 1 is 1.57 bits per heavy atom. The zero-order valence-corrected chi connectivity index (χ0v) is 12.5. The summed E-state index contributed by atoms with van der Waals surface area (Å²) >= 11 is 0. The van der Waals surface area contributed by atoms with Crippen molar-refractivity contribution >= 4 is 24.9 Å². The van der Waals surface area contributed by atoms with Crippen LogP contribution in [0.4, 0.5) is 5.95 Å². The first kappa shape index (κ1) is 16.1. The first-order valence-electron chi connectivity index (χ1n) is 6.51. The third kappa shape index (κ3) is 3.13. The summed E-state index contributed by atoms with van der Waals surface area (Å²) < 4.78 is 22.5. The molecule has 3 heterocycles. The lowest BCUT2D eigenvalue weighted by Crippen LogP contribution is -2.26. The van der Waals surface area contributed by atoms with E-state index >= 15 is 0 Å². The molecule has 0 amide bonds. The molecule has 126 valence electrons. The van der Waals surface area contributed by atoms with Gasteiger partial charge in [-0.3, -0.25) is 18.9 Å². The van der Waals surface area contributed by atoms with Crippen molar-refractivity contribution in [2.75, 3.05) is 12.3 Å². The van der Waals surface area contributed by atoms with E-state index in [9.17, 15) is 14.5 Å². The molecule has 0 aromatic carbocycles. The molecule has 0 saturated carbocycles. The molecule has 1 saturated heterocycles. The summed E-state index contributed by atoms with van der Waals surface area (Å²) in [5.41, 5.74) is 5.18. The Bertz CT molecular complexity index is 829. The predicted molar refractivity (Wildman–Crippen MR) is 75.1 cm³/mol. The number of phosphoric acid groups is 1. The number of nitrogens with zero attached hydrogens (tertiary/aromatic N) is 3. The van der Waals surface area contributed by atoms with E-state index in [4.69, 9.17) is 20.3 Å². The molecule has 0 bridgehead atoms. The highest BCUT2D eigenvalue weighted by molar-refractivity contribution is 7.46. The molecule has 2 aromatic rings. The van der Waals surface area contributed by atoms with Crippen molar-refractivity contribution in [1.29, 1.82) is 0 Å². The highest BCUT2D eigenvalue weighted by atomic mass is 31.2. The molecule has 23 heavy (non-hydrogen) atoms. The van der Waals surface area contributed by atoms with Crippen molar-refractivity contribution in [3.8, 4) is 0 Å². The molecular formula is C10H14N5O7P. The van der Waals surface area contributed by atoms with Gasteiger partial charge in [-0.15, -0.1) is 0 Å². The number of aromatic amines is 1. The molecule has 12 nitrogen and oxygen atoms in total. The van der Waals surface area contributed by atoms with Gasteiger partial charge in [-0.1, -0.05) is 0 Å². The molecule has 0 spiro atoms. The van der Waals surface area contributed by atoms with Crippen molar-refractivity contribution in [2.45, 2.75) is 24.9 Å². The Morgan fingerprint density at radius 3 is 2.96 bits per heavy atom. The van der Waals surface area contributed by atoms with Crippen LogP contribution in [0.5, 0.6) is 0 Å². The highest BCUT2D eigenvalue weighted by Gasteiger charge is 2.40. The molecule has 6 N–H and O–H groups in total. The number of hydrogen-bond donors (Lipinski definition) is 5. The highest BCUT2D eigenvalue weighted by Crippen LogP contribution is 2.43. The van der Waals surface area contributed by atoms with Gasteiger partial charge in [-0.2, -0.15) is 4.98 Å². The fourth-order valence-electron chi connectivity index (χ4n) is 2.48. The maximum absolute atomic E-state index is 11.7. The Kier molecular flexibility index (Phi) is 3.96. The summed E-state index contributed by atoms with van der Waals surface area (Å²) in [6.07, 6.45) is -1.42. The van der Waals surface area contributed by atoms with Gasteiger partial charge in [0.05, 0.1) is 12.9 Å². The Balaban J connectivity index is 1.94. The molecule has 13 heteroatoms. The lowest BCUT2D eigenvalue weighted by Gasteiger charge is -2.16. The quantitative estimate of drug-likeness (QED) is 0.406. The van der Waals surface area contributed by atoms with E-state index in [0.29, 0.717) is 0 Å². The topological polar surface area (TPSA) is 186 Å². The third-order valence-corrected chi connectivity index (χ3v) is 3.94. The Hall–Kier alpha value is -1.82. The van der Waals surface area contributed by atoms with Gasteiger partial charge >= 0.3 is 7.82 Å². The molecule has 3 rings (SSSR count). The second kappa shape index (κ2) is 5.67. The zero-order valence-electron chi connectivity index (χ0n) is 11.6. The summed E-state index contributed by atoms with van der Waals surface area (Å²) in [6, 6.07) is 0. The van der Waals surface area contributed by atoms with Gasteiger partial charge in [0.1, 0.15) is 18.4 Å². The zero-order chi connectivity index (χ0) is 16.8. The van der Waals surface area contributed by atoms with Crippen LogP contribution in [-0.2, 0) is 13.8 Å². The van der Waals surface area contributed by atoms with E-state index in [2.05, 4.69) is 19.5 Å². The van der Waals surface area contributed by atoms with Crippen LogP contribution in [0.3, 0.4) is 0 Å². The molecule has 0 radical (unpaired) electrons. The fourth-order valence-corrected chi connectivity index (χ4v) is 3.05. The van der Waals surface area contributed by atoms with Crippen LogP contribution in [-0.4, -0.2) is 53.2 Å². The summed E-state index contributed by atoms with van der Waals surface area (Å²) in [5.74, 6) is -0.107. The number of rotatable bonds is 4. The number of hydrogen-bond acceptors (Lipinski definition) is 8. The van der Waals surface area contributed by atoms with Crippen molar-refractivity contribution in [1.82, 2.24) is 19.5 Å². The van der Waals surface area contributed by atoms with E-state index in [1.165, 1.54) is 10.9 Å². The molecule has 0 aliphatic carbocycles. The van der Waals surface area contributed by atoms with Gasteiger partial charge < -0.3 is 25.4 Å². The maximum Gasteiger partial charge on any atom is 0.469 e. The monoisotopic (exact) mass is 347 g/mol. The maximum atomic E-state index is 11.7. The SMILES string of the molecule is Nc1nc2c(ncn2[C@@H]2C[C@@H](OP(=O)(O)O)[C@H](CO)O2)c(=O)[nH]1. The number of ether oxygens (including phenoxy) is 1. The molecule has 1 fully saturated rings. The number of nitrogens with one attached hydrogen (secondary N) is 1. The van der Waals surface area contributed by atoms with Crippen LogP contribution in [0.2, 0.25) is 0 Å². The first-order valence-corrected chi connectivity index (χ1v) is 8.04. The number of fused-ring (bicyclic) bond motifs is 1.